The lowest BCUT2D eigenvalue weighted by Gasteiger charge is -2.30. The van der Waals surface area contributed by atoms with Gasteiger partial charge in [0.2, 0.25) is 0 Å². The Bertz CT molecular complexity index is 1050. The largest absolute Gasteiger partial charge is 0.368 e. The van der Waals surface area contributed by atoms with Crippen molar-refractivity contribution in [3.05, 3.63) is 47.5 Å². The van der Waals surface area contributed by atoms with Gasteiger partial charge in [-0.3, -0.25) is 13.9 Å². The van der Waals surface area contributed by atoms with Gasteiger partial charge in [0.1, 0.15) is 17.5 Å². The number of anilines is 1. The van der Waals surface area contributed by atoms with Crippen LogP contribution >= 0.6 is 0 Å². The summed E-state index contributed by atoms with van der Waals surface area (Å²) >= 11 is 0. The van der Waals surface area contributed by atoms with Crippen molar-refractivity contribution >= 4 is 17.4 Å². The first-order valence-corrected chi connectivity index (χ1v) is 9.49. The molecule has 1 fully saturated rings. The van der Waals surface area contributed by atoms with Crippen LogP contribution in [0.1, 0.15) is 47.4 Å². The average Bonchev–Trinajstić information content (AvgIpc) is 3.26. The van der Waals surface area contributed by atoms with Gasteiger partial charge in [0.05, 0.1) is 11.3 Å². The molecule has 144 valence electrons. The van der Waals surface area contributed by atoms with Crippen LogP contribution in [0, 0.1) is 18.3 Å². The molecule has 4 rings (SSSR count). The first kappa shape index (κ1) is 18.0. The van der Waals surface area contributed by atoms with Gasteiger partial charge < -0.3 is 10.6 Å². The van der Waals surface area contributed by atoms with Crippen LogP contribution in [-0.2, 0) is 7.05 Å². The maximum Gasteiger partial charge on any atom is 0.254 e. The molecule has 0 radical (unpaired) electrons. The quantitative estimate of drug-likeness (QED) is 0.727. The Morgan fingerprint density at radius 2 is 1.96 bits per heavy atom. The highest BCUT2D eigenvalue weighted by molar-refractivity contribution is 5.95. The monoisotopic (exact) mass is 377 g/mol. The Labute approximate surface area is 163 Å². The second-order valence-corrected chi connectivity index (χ2v) is 7.35. The van der Waals surface area contributed by atoms with Crippen LogP contribution in [0.5, 0.6) is 0 Å². The molecule has 0 aromatic carbocycles. The first-order valence-electron chi connectivity index (χ1n) is 9.49. The molecule has 0 unspecified atom stereocenters. The fraction of sp³-hybridized carbons (Fsp3) is 0.400. The Hall–Kier alpha value is -3.34. The molecule has 3 aromatic heterocycles. The highest BCUT2D eigenvalue weighted by atomic mass is 16.1. The summed E-state index contributed by atoms with van der Waals surface area (Å²) in [5.41, 5.74) is 2.56. The fourth-order valence-electron chi connectivity index (χ4n) is 3.86. The summed E-state index contributed by atoms with van der Waals surface area (Å²) in [6.45, 7) is 1.85. The molecule has 1 saturated carbocycles. The molecule has 0 aliphatic heterocycles. The van der Waals surface area contributed by atoms with Crippen molar-refractivity contribution in [2.75, 3.05) is 5.32 Å². The standard InChI is InChI=1S/C20H23N7O/c1-13-17(12-26(2)25-13)20(28)24-15-8-6-14(7-9-15)22-18-4-3-5-19-23-16(10-21)11-27(18)19/h3-5,11-12,14-15,22H,6-9H2,1-2H3,(H,24,28)/t14-,15+. The number of rotatable bonds is 4. The molecular formula is C20H23N7O. The van der Waals surface area contributed by atoms with E-state index in [1.165, 1.54) is 0 Å². The van der Waals surface area contributed by atoms with Crippen LogP contribution in [0.25, 0.3) is 5.65 Å². The predicted octanol–water partition coefficient (Wildman–Crippen LogP) is 2.40. The smallest absolute Gasteiger partial charge is 0.254 e. The minimum atomic E-state index is -0.0470. The van der Waals surface area contributed by atoms with Crippen LogP contribution in [0.15, 0.2) is 30.6 Å². The number of fused-ring (bicyclic) bond motifs is 1. The molecule has 0 bridgehead atoms. The number of hydrogen-bond donors (Lipinski definition) is 2. The SMILES string of the molecule is Cc1nn(C)cc1C(=O)N[C@H]1CC[C@@H](Nc2cccc3nc(C#N)cn23)CC1. The van der Waals surface area contributed by atoms with E-state index in [1.807, 2.05) is 36.6 Å². The number of carbonyl (C=O) groups is 1. The molecule has 0 saturated heterocycles. The van der Waals surface area contributed by atoms with E-state index in [1.54, 1.807) is 17.1 Å². The van der Waals surface area contributed by atoms with Gasteiger partial charge in [0.15, 0.2) is 5.69 Å². The number of imidazole rings is 1. The maximum atomic E-state index is 12.5. The van der Waals surface area contributed by atoms with Gasteiger partial charge in [-0.25, -0.2) is 4.98 Å². The lowest BCUT2D eigenvalue weighted by molar-refractivity contribution is 0.0926. The summed E-state index contributed by atoms with van der Waals surface area (Å²) in [5, 5.41) is 20.0. The lowest BCUT2D eigenvalue weighted by Crippen LogP contribution is -2.40. The number of aryl methyl sites for hydroxylation is 2. The van der Waals surface area contributed by atoms with Gasteiger partial charge in [-0.2, -0.15) is 10.4 Å². The summed E-state index contributed by atoms with van der Waals surface area (Å²) in [4.78, 5) is 16.8. The second-order valence-electron chi connectivity index (χ2n) is 7.35. The number of nitriles is 1. The fourth-order valence-corrected chi connectivity index (χ4v) is 3.86. The Balaban J connectivity index is 1.36. The van der Waals surface area contributed by atoms with Crippen molar-refractivity contribution in [1.29, 1.82) is 5.26 Å². The Kier molecular flexibility index (Phi) is 4.74. The Morgan fingerprint density at radius 1 is 1.21 bits per heavy atom. The van der Waals surface area contributed by atoms with Crippen molar-refractivity contribution in [1.82, 2.24) is 24.5 Å². The van der Waals surface area contributed by atoms with E-state index in [0.29, 0.717) is 17.3 Å². The van der Waals surface area contributed by atoms with Gasteiger partial charge in [0, 0.05) is 31.5 Å². The van der Waals surface area contributed by atoms with Crippen molar-refractivity contribution in [3.63, 3.8) is 0 Å². The molecule has 28 heavy (non-hydrogen) atoms. The molecule has 3 heterocycles. The molecular weight excluding hydrogens is 354 g/mol. The molecule has 3 aromatic rings. The van der Waals surface area contributed by atoms with E-state index in [-0.39, 0.29) is 11.9 Å². The number of carbonyl (C=O) groups excluding carboxylic acids is 1. The minimum Gasteiger partial charge on any atom is -0.368 e. The molecule has 2 N–H and O–H groups in total. The highest BCUT2D eigenvalue weighted by Crippen LogP contribution is 2.23. The van der Waals surface area contributed by atoms with Crippen LogP contribution in [0.2, 0.25) is 0 Å². The Morgan fingerprint density at radius 3 is 2.64 bits per heavy atom. The summed E-state index contributed by atoms with van der Waals surface area (Å²) in [6.07, 6.45) is 7.29. The third-order valence-corrected chi connectivity index (χ3v) is 5.28. The molecule has 1 aliphatic carbocycles. The van der Waals surface area contributed by atoms with Gasteiger partial charge in [-0.05, 0) is 44.7 Å². The van der Waals surface area contributed by atoms with Crippen LogP contribution < -0.4 is 10.6 Å². The van der Waals surface area contributed by atoms with E-state index in [9.17, 15) is 4.79 Å². The van der Waals surface area contributed by atoms with Crippen molar-refractivity contribution in [2.24, 2.45) is 7.05 Å². The van der Waals surface area contributed by atoms with Gasteiger partial charge in [-0.1, -0.05) is 6.07 Å². The summed E-state index contributed by atoms with van der Waals surface area (Å²) in [5.74, 6) is 0.888. The van der Waals surface area contributed by atoms with Gasteiger partial charge in [-0.15, -0.1) is 0 Å². The molecule has 1 amide bonds. The van der Waals surface area contributed by atoms with E-state index >= 15 is 0 Å². The van der Waals surface area contributed by atoms with Crippen molar-refractivity contribution in [2.45, 2.75) is 44.7 Å². The number of hydrogen-bond acceptors (Lipinski definition) is 5. The van der Waals surface area contributed by atoms with Gasteiger partial charge in [0.25, 0.3) is 5.91 Å². The predicted molar refractivity (Wildman–Crippen MR) is 105 cm³/mol. The van der Waals surface area contributed by atoms with E-state index in [4.69, 9.17) is 5.26 Å². The molecule has 0 atom stereocenters. The van der Waals surface area contributed by atoms with Crippen LogP contribution in [-0.4, -0.2) is 37.2 Å². The highest BCUT2D eigenvalue weighted by Gasteiger charge is 2.24. The van der Waals surface area contributed by atoms with Crippen LogP contribution in [0.4, 0.5) is 5.82 Å². The molecule has 1 aliphatic rings. The van der Waals surface area contributed by atoms with E-state index in [2.05, 4.69) is 26.8 Å². The van der Waals surface area contributed by atoms with Crippen LogP contribution in [0.3, 0.4) is 0 Å². The minimum absolute atomic E-state index is 0.0470. The number of nitrogens with one attached hydrogen (secondary N) is 2. The number of amides is 1. The number of pyridine rings is 1. The lowest BCUT2D eigenvalue weighted by atomic mass is 9.91. The first-order chi connectivity index (χ1) is 13.5. The molecule has 8 heteroatoms. The molecule has 0 spiro atoms. The third kappa shape index (κ3) is 3.56. The normalized spacial score (nSPS) is 19.3. The topological polar surface area (TPSA) is 100 Å². The second kappa shape index (κ2) is 7.35. The zero-order valence-electron chi connectivity index (χ0n) is 16.0. The zero-order valence-corrected chi connectivity index (χ0v) is 16.0. The summed E-state index contributed by atoms with van der Waals surface area (Å²) < 4.78 is 3.58. The summed E-state index contributed by atoms with van der Waals surface area (Å²) in [6, 6.07) is 8.41. The third-order valence-electron chi connectivity index (χ3n) is 5.28. The molecule has 8 nitrogen and oxygen atoms in total. The van der Waals surface area contributed by atoms with E-state index < -0.39 is 0 Å². The van der Waals surface area contributed by atoms with Crippen molar-refractivity contribution in [3.8, 4) is 6.07 Å². The average molecular weight is 377 g/mol. The number of nitrogens with zero attached hydrogens (tertiary/aromatic N) is 5. The maximum absolute atomic E-state index is 12.5. The summed E-state index contributed by atoms with van der Waals surface area (Å²) in [7, 11) is 1.82. The van der Waals surface area contributed by atoms with Gasteiger partial charge >= 0.3 is 0 Å². The van der Waals surface area contributed by atoms with Crippen molar-refractivity contribution < 1.29 is 4.79 Å². The van der Waals surface area contributed by atoms with E-state index in [0.717, 1.165) is 42.8 Å². The zero-order chi connectivity index (χ0) is 19.7. The number of aromatic nitrogens is 4.